The number of nitrogens with one attached hydrogen (secondary N) is 2. The zero-order chi connectivity index (χ0) is 13.7. The van der Waals surface area contributed by atoms with Gasteiger partial charge in [-0.3, -0.25) is 9.59 Å². The molecule has 19 heavy (non-hydrogen) atoms. The van der Waals surface area contributed by atoms with Gasteiger partial charge in [0, 0.05) is 36.8 Å². The van der Waals surface area contributed by atoms with Crippen molar-refractivity contribution in [1.82, 2.24) is 15.5 Å². The molecule has 1 heterocycles. The van der Waals surface area contributed by atoms with Crippen LogP contribution in [-0.2, 0) is 4.79 Å². The minimum absolute atomic E-state index is 0.0292. The summed E-state index contributed by atoms with van der Waals surface area (Å²) < 4.78 is 0. The molecule has 0 saturated carbocycles. The number of piperazine rings is 1. The summed E-state index contributed by atoms with van der Waals surface area (Å²) >= 11 is 5.75. The van der Waals surface area contributed by atoms with Gasteiger partial charge in [0.05, 0.1) is 6.54 Å². The molecule has 1 aromatic carbocycles. The standard InChI is InChI=1S/C13H16ClN3O2/c14-11-3-1-10(2-4-11)13(19)16-9-12(18)17-7-5-15-6-8-17/h1-4,15H,5-9H2,(H,16,19). The smallest absolute Gasteiger partial charge is 0.251 e. The van der Waals surface area contributed by atoms with Crippen LogP contribution < -0.4 is 10.6 Å². The van der Waals surface area contributed by atoms with Gasteiger partial charge in [0.15, 0.2) is 0 Å². The van der Waals surface area contributed by atoms with Crippen molar-refractivity contribution < 1.29 is 9.59 Å². The normalized spacial score (nSPS) is 15.1. The van der Waals surface area contributed by atoms with E-state index in [0.29, 0.717) is 23.7 Å². The first-order valence-corrected chi connectivity index (χ1v) is 6.57. The summed E-state index contributed by atoms with van der Waals surface area (Å²) in [5.41, 5.74) is 0.498. The second-order valence-corrected chi connectivity index (χ2v) is 4.76. The van der Waals surface area contributed by atoms with E-state index in [1.54, 1.807) is 29.2 Å². The minimum atomic E-state index is -0.264. The van der Waals surface area contributed by atoms with Crippen molar-refractivity contribution in [3.8, 4) is 0 Å². The first-order chi connectivity index (χ1) is 9.16. The highest BCUT2D eigenvalue weighted by Crippen LogP contribution is 2.09. The van der Waals surface area contributed by atoms with Gasteiger partial charge in [0.1, 0.15) is 0 Å². The van der Waals surface area contributed by atoms with Crippen LogP contribution in [0.3, 0.4) is 0 Å². The maximum atomic E-state index is 11.9. The molecule has 2 amide bonds. The van der Waals surface area contributed by atoms with Crippen LogP contribution in [0, 0.1) is 0 Å². The predicted octanol–water partition coefficient (Wildman–Crippen LogP) is 0.502. The van der Waals surface area contributed by atoms with Gasteiger partial charge < -0.3 is 15.5 Å². The Balaban J connectivity index is 1.82. The molecule has 0 aromatic heterocycles. The van der Waals surface area contributed by atoms with Crippen molar-refractivity contribution in [2.75, 3.05) is 32.7 Å². The third-order valence-corrected chi connectivity index (χ3v) is 3.23. The third-order valence-electron chi connectivity index (χ3n) is 2.98. The molecule has 1 saturated heterocycles. The lowest BCUT2D eigenvalue weighted by Gasteiger charge is -2.27. The van der Waals surface area contributed by atoms with Crippen LogP contribution >= 0.6 is 11.6 Å². The Bertz CT molecular complexity index is 455. The first kappa shape index (κ1) is 13.8. The van der Waals surface area contributed by atoms with E-state index in [0.717, 1.165) is 13.1 Å². The molecule has 0 atom stereocenters. The van der Waals surface area contributed by atoms with Gasteiger partial charge in [0.2, 0.25) is 5.91 Å². The number of halogens is 1. The summed E-state index contributed by atoms with van der Waals surface area (Å²) in [6.45, 7) is 3.01. The fourth-order valence-electron chi connectivity index (χ4n) is 1.89. The van der Waals surface area contributed by atoms with Gasteiger partial charge >= 0.3 is 0 Å². The summed E-state index contributed by atoms with van der Waals surface area (Å²) in [6.07, 6.45) is 0. The fraction of sp³-hybridized carbons (Fsp3) is 0.385. The van der Waals surface area contributed by atoms with Crippen LogP contribution in [0.1, 0.15) is 10.4 Å². The number of rotatable bonds is 3. The van der Waals surface area contributed by atoms with Gasteiger partial charge in [-0.05, 0) is 24.3 Å². The lowest BCUT2D eigenvalue weighted by Crippen LogP contribution is -2.49. The SMILES string of the molecule is O=C(NCC(=O)N1CCNCC1)c1ccc(Cl)cc1. The number of hydrogen-bond acceptors (Lipinski definition) is 3. The number of hydrogen-bond donors (Lipinski definition) is 2. The highest BCUT2D eigenvalue weighted by atomic mass is 35.5. The second kappa shape index (κ2) is 6.54. The fourth-order valence-corrected chi connectivity index (χ4v) is 2.01. The lowest BCUT2D eigenvalue weighted by atomic mass is 10.2. The van der Waals surface area contributed by atoms with Crippen molar-refractivity contribution in [2.24, 2.45) is 0 Å². The van der Waals surface area contributed by atoms with Crippen LogP contribution in [0.25, 0.3) is 0 Å². The number of nitrogens with zero attached hydrogens (tertiary/aromatic N) is 1. The summed E-state index contributed by atoms with van der Waals surface area (Å²) in [6, 6.07) is 6.56. The predicted molar refractivity (Wildman–Crippen MR) is 73.2 cm³/mol. The van der Waals surface area contributed by atoms with E-state index in [-0.39, 0.29) is 18.4 Å². The average molecular weight is 282 g/mol. The molecular formula is C13H16ClN3O2. The van der Waals surface area contributed by atoms with Gasteiger partial charge in [-0.25, -0.2) is 0 Å². The number of amides is 2. The molecule has 0 bridgehead atoms. The van der Waals surface area contributed by atoms with E-state index < -0.39 is 0 Å². The topological polar surface area (TPSA) is 61.4 Å². The van der Waals surface area contributed by atoms with Gasteiger partial charge in [0.25, 0.3) is 5.91 Å². The van der Waals surface area contributed by atoms with Crippen molar-refractivity contribution in [3.63, 3.8) is 0 Å². The molecule has 0 spiro atoms. The Hall–Kier alpha value is -1.59. The van der Waals surface area contributed by atoms with Gasteiger partial charge in [-0.1, -0.05) is 11.6 Å². The zero-order valence-corrected chi connectivity index (χ0v) is 11.2. The monoisotopic (exact) mass is 281 g/mol. The third kappa shape index (κ3) is 3.94. The second-order valence-electron chi connectivity index (χ2n) is 4.32. The lowest BCUT2D eigenvalue weighted by molar-refractivity contribution is -0.130. The van der Waals surface area contributed by atoms with E-state index in [4.69, 9.17) is 11.6 Å². The maximum absolute atomic E-state index is 11.9. The van der Waals surface area contributed by atoms with Crippen LogP contribution in [0.4, 0.5) is 0 Å². The van der Waals surface area contributed by atoms with Crippen molar-refractivity contribution in [3.05, 3.63) is 34.9 Å². The van der Waals surface area contributed by atoms with Gasteiger partial charge in [-0.15, -0.1) is 0 Å². The molecular weight excluding hydrogens is 266 g/mol. The van der Waals surface area contributed by atoms with Crippen molar-refractivity contribution >= 4 is 23.4 Å². The largest absolute Gasteiger partial charge is 0.343 e. The Kier molecular flexibility index (Phi) is 4.76. The van der Waals surface area contributed by atoms with Crippen LogP contribution in [0.2, 0.25) is 5.02 Å². The highest BCUT2D eigenvalue weighted by Gasteiger charge is 2.16. The molecule has 102 valence electrons. The van der Waals surface area contributed by atoms with E-state index in [1.807, 2.05) is 0 Å². The van der Waals surface area contributed by atoms with E-state index in [2.05, 4.69) is 10.6 Å². The molecule has 2 rings (SSSR count). The minimum Gasteiger partial charge on any atom is -0.343 e. The van der Waals surface area contributed by atoms with Gasteiger partial charge in [-0.2, -0.15) is 0 Å². The molecule has 0 aliphatic carbocycles. The molecule has 1 aromatic rings. The number of carbonyl (C=O) groups is 2. The van der Waals surface area contributed by atoms with Crippen molar-refractivity contribution in [2.45, 2.75) is 0 Å². The van der Waals surface area contributed by atoms with Crippen LogP contribution in [0.5, 0.6) is 0 Å². The quantitative estimate of drug-likeness (QED) is 0.848. The van der Waals surface area contributed by atoms with Crippen molar-refractivity contribution in [1.29, 1.82) is 0 Å². The first-order valence-electron chi connectivity index (χ1n) is 6.19. The molecule has 1 aliphatic rings. The Morgan fingerprint density at radius 1 is 1.21 bits per heavy atom. The molecule has 1 fully saturated rings. The Morgan fingerprint density at radius 2 is 1.84 bits per heavy atom. The molecule has 0 radical (unpaired) electrons. The highest BCUT2D eigenvalue weighted by molar-refractivity contribution is 6.30. The zero-order valence-electron chi connectivity index (χ0n) is 10.5. The molecule has 1 aliphatic heterocycles. The van der Waals surface area contributed by atoms with Crippen LogP contribution in [-0.4, -0.2) is 49.4 Å². The molecule has 0 unspecified atom stereocenters. The van der Waals surface area contributed by atoms with E-state index >= 15 is 0 Å². The van der Waals surface area contributed by atoms with E-state index in [9.17, 15) is 9.59 Å². The molecule has 2 N–H and O–H groups in total. The molecule has 6 heteroatoms. The summed E-state index contributed by atoms with van der Waals surface area (Å²) in [7, 11) is 0. The number of benzene rings is 1. The van der Waals surface area contributed by atoms with Crippen LogP contribution in [0.15, 0.2) is 24.3 Å². The number of carbonyl (C=O) groups excluding carboxylic acids is 2. The Morgan fingerprint density at radius 3 is 2.47 bits per heavy atom. The van der Waals surface area contributed by atoms with E-state index in [1.165, 1.54) is 0 Å². The summed E-state index contributed by atoms with van der Waals surface area (Å²) in [5.74, 6) is -0.316. The maximum Gasteiger partial charge on any atom is 0.251 e. The average Bonchev–Trinajstić information content (AvgIpc) is 2.46. The summed E-state index contributed by atoms with van der Waals surface area (Å²) in [4.78, 5) is 25.4. The Labute approximate surface area is 116 Å². The molecule has 5 nitrogen and oxygen atoms in total. The summed E-state index contributed by atoms with van der Waals surface area (Å²) in [5, 5.41) is 6.37.